The minimum absolute atomic E-state index is 0.0753. The number of benzene rings is 1. The second-order valence-electron chi connectivity index (χ2n) is 2.88. The van der Waals surface area contributed by atoms with Gasteiger partial charge in [0.2, 0.25) is 0 Å². The fourth-order valence-electron chi connectivity index (χ4n) is 1.11. The molecule has 0 aliphatic heterocycles. The SMILES string of the molecule is NCCC(=O)c1c(F)c(O)cc(O)c1F. The molecule has 0 saturated carbocycles. The molecule has 0 aromatic heterocycles. The molecule has 0 saturated heterocycles. The van der Waals surface area contributed by atoms with E-state index in [1.165, 1.54) is 0 Å². The zero-order valence-corrected chi connectivity index (χ0v) is 7.63. The lowest BCUT2D eigenvalue weighted by Crippen LogP contribution is -2.12. The molecule has 0 fully saturated rings. The van der Waals surface area contributed by atoms with Gasteiger partial charge >= 0.3 is 0 Å². The Morgan fingerprint density at radius 2 is 1.73 bits per heavy atom. The summed E-state index contributed by atoms with van der Waals surface area (Å²) in [6.07, 6.45) is -0.267. The van der Waals surface area contributed by atoms with Gasteiger partial charge in [0, 0.05) is 12.5 Å². The maximum absolute atomic E-state index is 13.2. The van der Waals surface area contributed by atoms with E-state index >= 15 is 0 Å². The van der Waals surface area contributed by atoms with Gasteiger partial charge in [-0.15, -0.1) is 0 Å². The third-order valence-electron chi connectivity index (χ3n) is 1.81. The predicted molar refractivity (Wildman–Crippen MR) is 47.7 cm³/mol. The second-order valence-corrected chi connectivity index (χ2v) is 2.88. The van der Waals surface area contributed by atoms with Crippen LogP contribution in [0.4, 0.5) is 8.78 Å². The number of halogens is 2. The number of nitrogens with two attached hydrogens (primary N) is 1. The normalized spacial score (nSPS) is 10.3. The van der Waals surface area contributed by atoms with E-state index in [4.69, 9.17) is 15.9 Å². The molecule has 82 valence electrons. The van der Waals surface area contributed by atoms with Gasteiger partial charge < -0.3 is 15.9 Å². The second kappa shape index (κ2) is 4.22. The molecule has 6 heteroatoms. The zero-order chi connectivity index (χ0) is 11.6. The molecule has 0 heterocycles. The van der Waals surface area contributed by atoms with Crippen LogP contribution in [0.25, 0.3) is 0 Å². The summed E-state index contributed by atoms with van der Waals surface area (Å²) < 4.78 is 26.3. The van der Waals surface area contributed by atoms with Crippen molar-refractivity contribution >= 4 is 5.78 Å². The largest absolute Gasteiger partial charge is 0.505 e. The van der Waals surface area contributed by atoms with Gasteiger partial charge in [0.05, 0.1) is 5.56 Å². The number of carbonyl (C=O) groups is 1. The van der Waals surface area contributed by atoms with Crippen molar-refractivity contribution in [2.24, 2.45) is 5.73 Å². The number of hydrogen-bond donors (Lipinski definition) is 3. The summed E-state index contributed by atoms with van der Waals surface area (Å²) in [6, 6.07) is 0.490. The standard InChI is InChI=1S/C9H9F2NO3/c10-8-5(14)3-6(15)9(11)7(8)4(13)1-2-12/h3,14-15H,1-2,12H2. The van der Waals surface area contributed by atoms with Crippen LogP contribution in [-0.4, -0.2) is 22.5 Å². The summed E-state index contributed by atoms with van der Waals surface area (Å²) in [5, 5.41) is 17.9. The predicted octanol–water partition coefficient (Wildman–Crippen LogP) is 0.908. The fourth-order valence-corrected chi connectivity index (χ4v) is 1.11. The Hall–Kier alpha value is -1.69. The Kier molecular flexibility index (Phi) is 3.21. The number of hydrogen-bond acceptors (Lipinski definition) is 4. The van der Waals surface area contributed by atoms with Gasteiger partial charge in [0.25, 0.3) is 0 Å². The topological polar surface area (TPSA) is 83.6 Å². The van der Waals surface area contributed by atoms with Crippen molar-refractivity contribution in [3.05, 3.63) is 23.3 Å². The molecule has 0 amide bonds. The molecule has 0 bridgehead atoms. The van der Waals surface area contributed by atoms with E-state index in [0.29, 0.717) is 6.07 Å². The summed E-state index contributed by atoms with van der Waals surface area (Å²) in [5.41, 5.74) is 4.09. The van der Waals surface area contributed by atoms with E-state index in [-0.39, 0.29) is 13.0 Å². The molecule has 0 unspecified atom stereocenters. The van der Waals surface area contributed by atoms with Crippen molar-refractivity contribution in [3.8, 4) is 11.5 Å². The molecule has 1 aromatic carbocycles. The number of ketones is 1. The highest BCUT2D eigenvalue weighted by molar-refractivity contribution is 5.97. The molecular weight excluding hydrogens is 208 g/mol. The molecule has 0 atom stereocenters. The van der Waals surface area contributed by atoms with E-state index < -0.39 is 34.5 Å². The van der Waals surface area contributed by atoms with Crippen LogP contribution in [0.3, 0.4) is 0 Å². The van der Waals surface area contributed by atoms with Crippen molar-refractivity contribution in [1.82, 2.24) is 0 Å². The maximum Gasteiger partial charge on any atom is 0.178 e. The molecular formula is C9H9F2NO3. The van der Waals surface area contributed by atoms with E-state index in [9.17, 15) is 13.6 Å². The summed E-state index contributed by atoms with van der Waals surface area (Å²) in [4.78, 5) is 11.2. The summed E-state index contributed by atoms with van der Waals surface area (Å²) in [6.45, 7) is -0.0753. The number of Topliss-reactive ketones (excluding diaryl/α,β-unsaturated/α-hetero) is 1. The number of phenols is 2. The smallest absolute Gasteiger partial charge is 0.178 e. The first-order valence-electron chi connectivity index (χ1n) is 4.12. The number of aromatic hydroxyl groups is 2. The summed E-state index contributed by atoms with van der Waals surface area (Å²) in [5.74, 6) is -5.63. The van der Waals surface area contributed by atoms with Gasteiger partial charge in [-0.1, -0.05) is 0 Å². The van der Waals surface area contributed by atoms with Crippen molar-refractivity contribution in [1.29, 1.82) is 0 Å². The van der Waals surface area contributed by atoms with E-state index in [2.05, 4.69) is 0 Å². The summed E-state index contributed by atoms with van der Waals surface area (Å²) in [7, 11) is 0. The molecule has 0 spiro atoms. The van der Waals surface area contributed by atoms with Crippen molar-refractivity contribution in [2.45, 2.75) is 6.42 Å². The maximum atomic E-state index is 13.2. The Morgan fingerprint density at radius 1 is 1.27 bits per heavy atom. The van der Waals surface area contributed by atoms with Crippen LogP contribution in [0.1, 0.15) is 16.8 Å². The first kappa shape index (κ1) is 11.4. The van der Waals surface area contributed by atoms with Gasteiger partial charge in [-0.05, 0) is 6.54 Å². The summed E-state index contributed by atoms with van der Waals surface area (Å²) >= 11 is 0. The van der Waals surface area contributed by atoms with Crippen molar-refractivity contribution in [3.63, 3.8) is 0 Å². The van der Waals surface area contributed by atoms with Gasteiger partial charge in [0.1, 0.15) is 0 Å². The minimum Gasteiger partial charge on any atom is -0.505 e. The van der Waals surface area contributed by atoms with Crippen molar-refractivity contribution in [2.75, 3.05) is 6.54 Å². The monoisotopic (exact) mass is 217 g/mol. The van der Waals surface area contributed by atoms with Crippen molar-refractivity contribution < 1.29 is 23.8 Å². The Bertz CT molecular complexity index is 381. The molecule has 1 rings (SSSR count). The van der Waals surface area contributed by atoms with Gasteiger partial charge in [-0.2, -0.15) is 0 Å². The van der Waals surface area contributed by atoms with Crippen LogP contribution in [0.15, 0.2) is 6.07 Å². The van der Waals surface area contributed by atoms with Crippen LogP contribution in [0.2, 0.25) is 0 Å². The van der Waals surface area contributed by atoms with Crippen LogP contribution in [-0.2, 0) is 0 Å². The third kappa shape index (κ3) is 2.04. The number of carbonyl (C=O) groups excluding carboxylic acids is 1. The Balaban J connectivity index is 3.32. The fraction of sp³-hybridized carbons (Fsp3) is 0.222. The van der Waals surface area contributed by atoms with Crippen LogP contribution in [0.5, 0.6) is 11.5 Å². The van der Waals surface area contributed by atoms with E-state index in [1.54, 1.807) is 0 Å². The molecule has 15 heavy (non-hydrogen) atoms. The molecule has 0 aliphatic carbocycles. The molecule has 4 N–H and O–H groups in total. The van der Waals surface area contributed by atoms with Gasteiger partial charge in [0.15, 0.2) is 28.9 Å². The first-order chi connectivity index (χ1) is 6.99. The van der Waals surface area contributed by atoms with E-state index in [0.717, 1.165) is 0 Å². The first-order valence-corrected chi connectivity index (χ1v) is 4.12. The highest BCUT2D eigenvalue weighted by Crippen LogP contribution is 2.30. The highest BCUT2D eigenvalue weighted by Gasteiger charge is 2.23. The van der Waals surface area contributed by atoms with Crippen LogP contribution >= 0.6 is 0 Å². The molecule has 0 radical (unpaired) electrons. The van der Waals surface area contributed by atoms with E-state index in [1.807, 2.05) is 0 Å². The third-order valence-corrected chi connectivity index (χ3v) is 1.81. The lowest BCUT2D eigenvalue weighted by Gasteiger charge is -2.06. The average Bonchev–Trinajstić information content (AvgIpc) is 2.16. The number of rotatable bonds is 3. The highest BCUT2D eigenvalue weighted by atomic mass is 19.1. The van der Waals surface area contributed by atoms with Crippen LogP contribution in [0, 0.1) is 11.6 Å². The van der Waals surface area contributed by atoms with Gasteiger partial charge in [-0.3, -0.25) is 4.79 Å². The Morgan fingerprint density at radius 3 is 2.13 bits per heavy atom. The average molecular weight is 217 g/mol. The number of phenolic OH excluding ortho intramolecular Hbond substituents is 2. The minimum atomic E-state index is -1.39. The van der Waals surface area contributed by atoms with Gasteiger partial charge in [-0.25, -0.2) is 8.78 Å². The lowest BCUT2D eigenvalue weighted by atomic mass is 10.1. The van der Waals surface area contributed by atoms with Crippen LogP contribution < -0.4 is 5.73 Å². The molecule has 4 nitrogen and oxygen atoms in total. The lowest BCUT2D eigenvalue weighted by molar-refractivity contribution is 0.0975. The Labute approximate surface area is 83.9 Å². The quantitative estimate of drug-likeness (QED) is 0.657. The zero-order valence-electron chi connectivity index (χ0n) is 7.63. The molecule has 1 aromatic rings. The molecule has 0 aliphatic rings.